The number of ether oxygens (including phenoxy) is 1. The lowest BCUT2D eigenvalue weighted by Gasteiger charge is -2.16. The highest BCUT2D eigenvalue weighted by Crippen LogP contribution is 2.00. The minimum Gasteiger partial charge on any atom is -0.465 e. The van der Waals surface area contributed by atoms with Gasteiger partial charge in [-0.15, -0.1) is 0 Å². The van der Waals surface area contributed by atoms with E-state index in [0.717, 1.165) is 6.42 Å². The highest BCUT2D eigenvalue weighted by atomic mass is 32.2. The van der Waals surface area contributed by atoms with Crippen molar-refractivity contribution in [3.63, 3.8) is 0 Å². The van der Waals surface area contributed by atoms with Crippen molar-refractivity contribution in [2.75, 3.05) is 25.2 Å². The second-order valence-electron chi connectivity index (χ2n) is 4.03. The van der Waals surface area contributed by atoms with Gasteiger partial charge in [0.05, 0.1) is 12.4 Å². The average Bonchev–Trinajstić information content (AvgIpc) is 2.21. The molecule has 1 unspecified atom stereocenters. The van der Waals surface area contributed by atoms with Gasteiger partial charge in [-0.05, 0) is 26.3 Å². The third-order valence-corrected chi connectivity index (χ3v) is 3.26. The lowest BCUT2D eigenvalue weighted by molar-refractivity contribution is -0.145. The fourth-order valence-corrected chi connectivity index (χ4v) is 2.11. The molecule has 0 aromatic carbocycles. The summed E-state index contributed by atoms with van der Waals surface area (Å²) < 4.78 is 26.8. The van der Waals surface area contributed by atoms with E-state index < -0.39 is 9.84 Å². The van der Waals surface area contributed by atoms with Crippen LogP contribution in [-0.4, -0.2) is 45.6 Å². The molecule has 1 N–H and O–H groups in total. The summed E-state index contributed by atoms with van der Waals surface area (Å²) in [5.41, 5.74) is 0. The van der Waals surface area contributed by atoms with Gasteiger partial charge in [-0.3, -0.25) is 4.79 Å². The summed E-state index contributed by atoms with van der Waals surface area (Å²) in [5.74, 6) is -0.115. The monoisotopic (exact) mass is 265 g/mol. The maximum Gasteiger partial charge on any atom is 0.323 e. The van der Waals surface area contributed by atoms with Crippen molar-refractivity contribution in [3.05, 3.63) is 0 Å². The molecule has 0 bridgehead atoms. The van der Waals surface area contributed by atoms with E-state index in [0.29, 0.717) is 26.0 Å². The van der Waals surface area contributed by atoms with Crippen LogP contribution >= 0.6 is 0 Å². The third kappa shape index (κ3) is 9.12. The fourth-order valence-electron chi connectivity index (χ4n) is 1.45. The lowest BCUT2D eigenvalue weighted by atomic mass is 10.1. The summed E-state index contributed by atoms with van der Waals surface area (Å²) >= 11 is 0. The molecule has 0 spiro atoms. The van der Waals surface area contributed by atoms with Gasteiger partial charge in [-0.2, -0.15) is 0 Å². The molecule has 0 rings (SSSR count). The molecule has 0 saturated carbocycles. The van der Waals surface area contributed by atoms with Crippen molar-refractivity contribution >= 4 is 15.8 Å². The van der Waals surface area contributed by atoms with Crippen LogP contribution in [0.2, 0.25) is 0 Å². The number of esters is 1. The average molecular weight is 265 g/mol. The minimum absolute atomic E-state index is 0.141. The van der Waals surface area contributed by atoms with Gasteiger partial charge in [-0.25, -0.2) is 8.42 Å². The Balaban J connectivity index is 3.96. The van der Waals surface area contributed by atoms with Crippen molar-refractivity contribution in [1.29, 1.82) is 0 Å². The Morgan fingerprint density at radius 1 is 1.35 bits per heavy atom. The molecule has 0 aromatic heterocycles. The third-order valence-electron chi connectivity index (χ3n) is 2.23. The Morgan fingerprint density at radius 3 is 2.47 bits per heavy atom. The standard InChI is InChI=1S/C11H23NO4S/c1-4-7-10(11(13)16-5-2)12-8-6-9-17(3,14)15/h10,12H,4-9H2,1-3H3. The van der Waals surface area contributed by atoms with Crippen molar-refractivity contribution in [2.45, 2.75) is 39.2 Å². The molecule has 0 amide bonds. The predicted octanol–water partition coefficient (Wildman–Crippen LogP) is 0.743. The van der Waals surface area contributed by atoms with E-state index >= 15 is 0 Å². The first-order valence-electron chi connectivity index (χ1n) is 5.98. The van der Waals surface area contributed by atoms with Gasteiger partial charge in [0.1, 0.15) is 15.9 Å². The van der Waals surface area contributed by atoms with E-state index in [2.05, 4.69) is 5.32 Å². The van der Waals surface area contributed by atoms with Gasteiger partial charge in [0.25, 0.3) is 0 Å². The molecule has 0 aliphatic carbocycles. The van der Waals surface area contributed by atoms with Crippen LogP contribution in [0.15, 0.2) is 0 Å². The number of sulfone groups is 1. The predicted molar refractivity (Wildman–Crippen MR) is 67.7 cm³/mol. The number of carbonyl (C=O) groups excluding carboxylic acids is 1. The summed E-state index contributed by atoms with van der Waals surface area (Å²) in [6.07, 6.45) is 3.31. The summed E-state index contributed by atoms with van der Waals surface area (Å²) in [4.78, 5) is 11.5. The first kappa shape index (κ1) is 16.4. The van der Waals surface area contributed by atoms with Crippen LogP contribution in [0.1, 0.15) is 33.1 Å². The van der Waals surface area contributed by atoms with Crippen molar-refractivity contribution < 1.29 is 17.9 Å². The second-order valence-corrected chi connectivity index (χ2v) is 6.29. The van der Waals surface area contributed by atoms with Crippen LogP contribution in [0.3, 0.4) is 0 Å². The van der Waals surface area contributed by atoms with E-state index in [1.165, 1.54) is 6.26 Å². The molecule has 5 nitrogen and oxygen atoms in total. The van der Waals surface area contributed by atoms with E-state index in [-0.39, 0.29) is 17.8 Å². The summed E-state index contributed by atoms with van der Waals surface area (Å²) in [6.45, 7) is 4.63. The molecule has 6 heteroatoms. The second kappa shape index (κ2) is 8.47. The molecule has 0 heterocycles. The summed E-state index contributed by atoms with van der Waals surface area (Å²) in [7, 11) is -2.92. The Kier molecular flexibility index (Phi) is 8.16. The molecule has 0 fully saturated rings. The van der Waals surface area contributed by atoms with Crippen molar-refractivity contribution in [2.24, 2.45) is 0 Å². The van der Waals surface area contributed by atoms with Crippen molar-refractivity contribution in [1.82, 2.24) is 5.32 Å². The zero-order valence-corrected chi connectivity index (χ0v) is 11.7. The van der Waals surface area contributed by atoms with Gasteiger partial charge in [0.15, 0.2) is 0 Å². The molecule has 0 saturated heterocycles. The normalized spacial score (nSPS) is 13.4. The summed E-state index contributed by atoms with van der Waals surface area (Å²) in [5, 5.41) is 3.04. The Morgan fingerprint density at radius 2 is 2.00 bits per heavy atom. The number of carbonyl (C=O) groups is 1. The zero-order valence-electron chi connectivity index (χ0n) is 10.9. The molecule has 0 aliphatic rings. The highest BCUT2D eigenvalue weighted by molar-refractivity contribution is 7.90. The fraction of sp³-hybridized carbons (Fsp3) is 0.909. The Labute approximate surface area is 104 Å². The first-order valence-corrected chi connectivity index (χ1v) is 8.04. The molecule has 1 atom stereocenters. The topological polar surface area (TPSA) is 72.5 Å². The smallest absolute Gasteiger partial charge is 0.323 e. The summed E-state index contributed by atoms with van der Waals surface area (Å²) in [6, 6.07) is -0.320. The maximum atomic E-state index is 11.5. The molecule has 0 radical (unpaired) electrons. The number of rotatable bonds is 9. The van der Waals surface area contributed by atoms with E-state index in [4.69, 9.17) is 4.74 Å². The van der Waals surface area contributed by atoms with E-state index in [9.17, 15) is 13.2 Å². The van der Waals surface area contributed by atoms with Crippen LogP contribution in [0.25, 0.3) is 0 Å². The molecular formula is C11H23NO4S. The lowest BCUT2D eigenvalue weighted by Crippen LogP contribution is -2.39. The number of hydrogen-bond donors (Lipinski definition) is 1. The molecular weight excluding hydrogens is 242 g/mol. The largest absolute Gasteiger partial charge is 0.465 e. The molecule has 102 valence electrons. The zero-order chi connectivity index (χ0) is 13.3. The van der Waals surface area contributed by atoms with Gasteiger partial charge < -0.3 is 10.1 Å². The van der Waals surface area contributed by atoms with Crippen LogP contribution in [0.5, 0.6) is 0 Å². The first-order chi connectivity index (χ1) is 7.90. The molecule has 17 heavy (non-hydrogen) atoms. The highest BCUT2D eigenvalue weighted by Gasteiger charge is 2.17. The number of nitrogens with one attached hydrogen (secondary N) is 1. The van der Waals surface area contributed by atoms with Gasteiger partial charge in [0.2, 0.25) is 0 Å². The van der Waals surface area contributed by atoms with Crippen LogP contribution < -0.4 is 5.32 Å². The molecule has 0 aromatic rings. The van der Waals surface area contributed by atoms with Crippen molar-refractivity contribution in [3.8, 4) is 0 Å². The maximum absolute atomic E-state index is 11.5. The SMILES string of the molecule is CCCC(NCCCS(C)(=O)=O)C(=O)OCC. The molecule has 0 aliphatic heterocycles. The van der Waals surface area contributed by atoms with Gasteiger partial charge in [-0.1, -0.05) is 13.3 Å². The van der Waals surface area contributed by atoms with E-state index in [1.807, 2.05) is 6.92 Å². The van der Waals surface area contributed by atoms with E-state index in [1.54, 1.807) is 6.92 Å². The Hall–Kier alpha value is -0.620. The Bertz CT molecular complexity index is 313. The quantitative estimate of drug-likeness (QED) is 0.492. The van der Waals surface area contributed by atoms with Crippen LogP contribution in [-0.2, 0) is 19.4 Å². The van der Waals surface area contributed by atoms with Gasteiger partial charge >= 0.3 is 5.97 Å². The number of hydrogen-bond acceptors (Lipinski definition) is 5. The van der Waals surface area contributed by atoms with Gasteiger partial charge in [0, 0.05) is 6.26 Å². The van der Waals surface area contributed by atoms with Crippen LogP contribution in [0, 0.1) is 0 Å². The minimum atomic E-state index is -2.92. The van der Waals surface area contributed by atoms with Crippen LogP contribution in [0.4, 0.5) is 0 Å².